The van der Waals surface area contributed by atoms with E-state index in [-0.39, 0.29) is 13.0 Å². The Bertz CT molecular complexity index is 482. The first kappa shape index (κ1) is 12.6. The predicted molar refractivity (Wildman–Crippen MR) is 53.6 cm³/mol. The number of carbonyl (C=O) groups is 1. The maximum atomic E-state index is 13.5. The van der Waals surface area contributed by atoms with Crippen LogP contribution in [0.4, 0.5) is 23.2 Å². The fourth-order valence-electron chi connectivity index (χ4n) is 2.06. The van der Waals surface area contributed by atoms with Gasteiger partial charge >= 0.3 is 0 Å². The molecule has 0 spiro atoms. The number of anilines is 1. The van der Waals surface area contributed by atoms with Crippen molar-refractivity contribution in [2.45, 2.75) is 18.9 Å². The van der Waals surface area contributed by atoms with Gasteiger partial charge < -0.3 is 10.6 Å². The first-order valence-electron chi connectivity index (χ1n) is 5.19. The molecule has 2 rings (SSSR count). The molecule has 0 bridgehead atoms. The van der Waals surface area contributed by atoms with Crippen LogP contribution in [0.1, 0.15) is 12.8 Å². The summed E-state index contributed by atoms with van der Waals surface area (Å²) in [5.41, 5.74) is 4.14. The normalized spacial score (nSPS) is 19.3. The fraction of sp³-hybridized carbons (Fsp3) is 0.400. The van der Waals surface area contributed by atoms with E-state index in [0.717, 1.165) is 4.90 Å². The van der Waals surface area contributed by atoms with E-state index in [9.17, 15) is 22.4 Å². The minimum atomic E-state index is -1.75. The molecular weight excluding hydrogens is 254 g/mol. The number of hydrogen-bond acceptors (Lipinski definition) is 3. The molecule has 98 valence electrons. The molecule has 1 aromatic heterocycles. The lowest BCUT2D eigenvalue weighted by Crippen LogP contribution is -2.41. The zero-order chi connectivity index (χ0) is 13.4. The Morgan fingerprint density at radius 3 is 2.28 bits per heavy atom. The number of primary amides is 1. The van der Waals surface area contributed by atoms with Crippen molar-refractivity contribution in [1.82, 2.24) is 4.98 Å². The van der Waals surface area contributed by atoms with Crippen molar-refractivity contribution in [1.29, 1.82) is 0 Å². The molecule has 0 saturated carbocycles. The first-order valence-corrected chi connectivity index (χ1v) is 5.19. The molecule has 0 radical (unpaired) electrons. The summed E-state index contributed by atoms with van der Waals surface area (Å²) < 4.78 is 52.9. The van der Waals surface area contributed by atoms with Crippen LogP contribution in [-0.2, 0) is 4.79 Å². The van der Waals surface area contributed by atoms with E-state index < -0.39 is 41.2 Å². The van der Waals surface area contributed by atoms with Gasteiger partial charge in [0.2, 0.25) is 17.5 Å². The minimum absolute atomic E-state index is 0.0876. The summed E-state index contributed by atoms with van der Waals surface area (Å²) >= 11 is 0. The Balaban J connectivity index is 2.54. The summed E-state index contributed by atoms with van der Waals surface area (Å²) in [6.07, 6.45) is 0.720. The van der Waals surface area contributed by atoms with Crippen LogP contribution in [0.3, 0.4) is 0 Å². The minimum Gasteiger partial charge on any atom is -0.368 e. The highest BCUT2D eigenvalue weighted by Gasteiger charge is 2.35. The van der Waals surface area contributed by atoms with E-state index in [1.807, 2.05) is 0 Å². The second-order valence-electron chi connectivity index (χ2n) is 3.92. The van der Waals surface area contributed by atoms with Gasteiger partial charge in [-0.25, -0.2) is 0 Å². The lowest BCUT2D eigenvalue weighted by atomic mass is 10.2. The van der Waals surface area contributed by atoms with Crippen LogP contribution in [-0.4, -0.2) is 23.5 Å². The van der Waals surface area contributed by atoms with E-state index in [1.54, 1.807) is 0 Å². The summed E-state index contributed by atoms with van der Waals surface area (Å²) in [5, 5.41) is 0. The summed E-state index contributed by atoms with van der Waals surface area (Å²) in [6.45, 7) is 0.0876. The van der Waals surface area contributed by atoms with Gasteiger partial charge in [0, 0.05) is 6.54 Å². The molecule has 1 unspecified atom stereocenters. The van der Waals surface area contributed by atoms with Crippen molar-refractivity contribution in [2.75, 3.05) is 11.4 Å². The van der Waals surface area contributed by atoms with Crippen LogP contribution >= 0.6 is 0 Å². The standard InChI is InChI=1S/C10H9F4N3O/c11-5-7(6(12)9(14)16-8(5)13)17-3-1-2-4(17)10(15)18/h4H,1-3H2,(H2,15,18). The quantitative estimate of drug-likeness (QED) is 0.642. The molecular formula is C10H9F4N3O. The van der Waals surface area contributed by atoms with Gasteiger partial charge in [0.1, 0.15) is 11.7 Å². The average Bonchev–Trinajstić information content (AvgIpc) is 2.76. The summed E-state index contributed by atoms with van der Waals surface area (Å²) in [5.74, 6) is -7.55. The van der Waals surface area contributed by atoms with E-state index in [0.29, 0.717) is 6.42 Å². The molecule has 1 aliphatic rings. The van der Waals surface area contributed by atoms with Crippen LogP contribution in [0.25, 0.3) is 0 Å². The fourth-order valence-corrected chi connectivity index (χ4v) is 2.06. The van der Waals surface area contributed by atoms with Gasteiger partial charge in [-0.2, -0.15) is 22.5 Å². The molecule has 2 heterocycles. The van der Waals surface area contributed by atoms with E-state index in [4.69, 9.17) is 5.73 Å². The molecule has 0 aromatic carbocycles. The van der Waals surface area contributed by atoms with Crippen molar-refractivity contribution >= 4 is 11.6 Å². The second kappa shape index (κ2) is 4.43. The number of amides is 1. The number of rotatable bonds is 2. The van der Waals surface area contributed by atoms with Crippen LogP contribution in [0.15, 0.2) is 0 Å². The molecule has 1 atom stereocenters. The lowest BCUT2D eigenvalue weighted by molar-refractivity contribution is -0.119. The molecule has 1 fully saturated rings. The molecule has 1 amide bonds. The molecule has 0 aliphatic carbocycles. The van der Waals surface area contributed by atoms with Gasteiger partial charge in [0.05, 0.1) is 0 Å². The summed E-state index contributed by atoms with van der Waals surface area (Å²) in [4.78, 5) is 14.5. The predicted octanol–water partition coefficient (Wildman–Crippen LogP) is 1.09. The molecule has 4 nitrogen and oxygen atoms in total. The van der Waals surface area contributed by atoms with Gasteiger partial charge in [0.15, 0.2) is 0 Å². The Labute approximate surface area is 99.4 Å². The number of hydrogen-bond donors (Lipinski definition) is 1. The number of halogens is 4. The Kier molecular flexibility index (Phi) is 3.10. The van der Waals surface area contributed by atoms with Crippen molar-refractivity contribution in [2.24, 2.45) is 5.73 Å². The number of aromatic nitrogens is 1. The second-order valence-corrected chi connectivity index (χ2v) is 3.92. The van der Waals surface area contributed by atoms with Crippen LogP contribution in [0, 0.1) is 23.5 Å². The SMILES string of the molecule is NC(=O)C1CCCN1c1c(F)c(F)nc(F)c1F. The smallest absolute Gasteiger partial charge is 0.253 e. The van der Waals surface area contributed by atoms with Crippen molar-refractivity contribution in [3.8, 4) is 0 Å². The highest BCUT2D eigenvalue weighted by Crippen LogP contribution is 2.31. The Morgan fingerprint density at radius 1 is 1.22 bits per heavy atom. The van der Waals surface area contributed by atoms with Gasteiger partial charge in [0.25, 0.3) is 11.9 Å². The topological polar surface area (TPSA) is 59.2 Å². The van der Waals surface area contributed by atoms with E-state index >= 15 is 0 Å². The number of nitrogens with two attached hydrogens (primary N) is 1. The largest absolute Gasteiger partial charge is 0.368 e. The third kappa shape index (κ3) is 1.87. The zero-order valence-corrected chi connectivity index (χ0v) is 9.09. The van der Waals surface area contributed by atoms with Gasteiger partial charge in [-0.05, 0) is 12.8 Å². The van der Waals surface area contributed by atoms with Gasteiger partial charge in [-0.15, -0.1) is 0 Å². The third-order valence-electron chi connectivity index (χ3n) is 2.84. The lowest BCUT2D eigenvalue weighted by Gasteiger charge is -2.25. The maximum Gasteiger partial charge on any atom is 0.253 e. The van der Waals surface area contributed by atoms with Crippen molar-refractivity contribution in [3.63, 3.8) is 0 Å². The molecule has 2 N–H and O–H groups in total. The average molecular weight is 263 g/mol. The third-order valence-corrected chi connectivity index (χ3v) is 2.84. The van der Waals surface area contributed by atoms with E-state index in [2.05, 4.69) is 4.98 Å². The Hall–Kier alpha value is -1.86. The highest BCUT2D eigenvalue weighted by molar-refractivity contribution is 5.84. The zero-order valence-electron chi connectivity index (χ0n) is 9.09. The highest BCUT2D eigenvalue weighted by atomic mass is 19.2. The van der Waals surface area contributed by atoms with Crippen LogP contribution < -0.4 is 10.6 Å². The first-order chi connectivity index (χ1) is 8.43. The summed E-state index contributed by atoms with van der Waals surface area (Å²) in [7, 11) is 0. The molecule has 1 saturated heterocycles. The van der Waals surface area contributed by atoms with E-state index in [1.165, 1.54) is 0 Å². The van der Waals surface area contributed by atoms with Crippen LogP contribution in [0.5, 0.6) is 0 Å². The van der Waals surface area contributed by atoms with Gasteiger partial charge in [-0.3, -0.25) is 4.79 Å². The number of carbonyl (C=O) groups excluding carboxylic acids is 1. The molecule has 1 aromatic rings. The van der Waals surface area contributed by atoms with Crippen molar-refractivity contribution < 1.29 is 22.4 Å². The monoisotopic (exact) mass is 263 g/mol. The van der Waals surface area contributed by atoms with Crippen molar-refractivity contribution in [3.05, 3.63) is 23.5 Å². The number of nitrogens with zero attached hydrogens (tertiary/aromatic N) is 2. The summed E-state index contributed by atoms with van der Waals surface area (Å²) in [6, 6.07) is -0.977. The number of pyridine rings is 1. The van der Waals surface area contributed by atoms with Gasteiger partial charge in [-0.1, -0.05) is 0 Å². The maximum absolute atomic E-state index is 13.5. The molecule has 8 heteroatoms. The van der Waals surface area contributed by atoms with Crippen LogP contribution in [0.2, 0.25) is 0 Å². The molecule has 18 heavy (non-hydrogen) atoms. The Morgan fingerprint density at radius 2 is 1.78 bits per heavy atom. The molecule has 1 aliphatic heterocycles.